The molecule has 0 unspecified atom stereocenters. The third kappa shape index (κ3) is 3.78. The van der Waals surface area contributed by atoms with Crippen LogP contribution in [0, 0.1) is 0 Å². The number of thioether (sulfide) groups is 1. The van der Waals surface area contributed by atoms with Crippen LogP contribution in [-0.4, -0.2) is 61.2 Å². The maximum atomic E-state index is 13.0. The van der Waals surface area contributed by atoms with E-state index in [4.69, 9.17) is 0 Å². The van der Waals surface area contributed by atoms with Gasteiger partial charge in [-0.2, -0.15) is 16.1 Å². The van der Waals surface area contributed by atoms with Gasteiger partial charge in [0.1, 0.15) is 0 Å². The molecule has 2 heterocycles. The van der Waals surface area contributed by atoms with E-state index in [0.29, 0.717) is 31.7 Å². The molecule has 7 heteroatoms. The Bertz CT molecular complexity index is 677. The maximum absolute atomic E-state index is 13.0. The van der Waals surface area contributed by atoms with Crippen molar-refractivity contribution in [3.05, 3.63) is 29.8 Å². The van der Waals surface area contributed by atoms with Gasteiger partial charge in [0.25, 0.3) is 5.91 Å². The molecule has 132 valence electrons. The van der Waals surface area contributed by atoms with Crippen LogP contribution in [0.3, 0.4) is 0 Å². The lowest BCUT2D eigenvalue weighted by Crippen LogP contribution is -2.38. The molecular formula is C17H24N2O3S2. The molecule has 0 atom stereocenters. The number of sulfonamides is 1. The molecule has 2 aliphatic rings. The molecule has 2 saturated heterocycles. The maximum Gasteiger partial charge on any atom is 0.255 e. The van der Waals surface area contributed by atoms with Crippen molar-refractivity contribution in [3.8, 4) is 0 Å². The highest BCUT2D eigenvalue weighted by Crippen LogP contribution is 2.25. The average Bonchev–Trinajstić information content (AvgIpc) is 2.91. The molecule has 2 aliphatic heterocycles. The molecule has 24 heavy (non-hydrogen) atoms. The second-order valence-electron chi connectivity index (χ2n) is 6.22. The van der Waals surface area contributed by atoms with E-state index in [1.54, 1.807) is 29.2 Å². The number of amides is 1. The molecule has 0 spiro atoms. The van der Waals surface area contributed by atoms with Crippen LogP contribution < -0.4 is 0 Å². The first-order chi connectivity index (χ1) is 11.6. The largest absolute Gasteiger partial charge is 0.338 e. The Morgan fingerprint density at radius 2 is 1.67 bits per heavy atom. The highest BCUT2D eigenvalue weighted by atomic mass is 32.2. The number of nitrogens with zero attached hydrogens (tertiary/aromatic N) is 2. The third-order valence-electron chi connectivity index (χ3n) is 4.56. The summed E-state index contributed by atoms with van der Waals surface area (Å²) < 4.78 is 27.6. The predicted octanol–water partition coefficient (Wildman–Crippen LogP) is 2.44. The van der Waals surface area contributed by atoms with Gasteiger partial charge in [0, 0.05) is 31.9 Å². The third-order valence-corrected chi connectivity index (χ3v) is 7.57. The van der Waals surface area contributed by atoms with Crippen molar-refractivity contribution in [1.82, 2.24) is 9.21 Å². The summed E-state index contributed by atoms with van der Waals surface area (Å²) in [6.07, 6.45) is 3.80. The standard InChI is InChI=1S/C17H24N2O3S2/c20-17(18-9-6-13-23-14-12-18)15-7-2-3-8-16(15)24(21,22)19-10-4-1-5-11-19/h2-3,7-8H,1,4-6,9-14H2. The Morgan fingerprint density at radius 3 is 2.46 bits per heavy atom. The zero-order valence-corrected chi connectivity index (χ0v) is 15.4. The van der Waals surface area contributed by atoms with Gasteiger partial charge in [-0.05, 0) is 37.1 Å². The van der Waals surface area contributed by atoms with E-state index in [-0.39, 0.29) is 10.8 Å². The number of hydrogen-bond acceptors (Lipinski definition) is 4. The van der Waals surface area contributed by atoms with Crippen molar-refractivity contribution in [1.29, 1.82) is 0 Å². The van der Waals surface area contributed by atoms with E-state index in [1.807, 2.05) is 11.8 Å². The zero-order chi connectivity index (χ0) is 17.0. The first-order valence-corrected chi connectivity index (χ1v) is 11.2. The molecule has 1 aromatic rings. The Morgan fingerprint density at radius 1 is 0.917 bits per heavy atom. The molecule has 0 saturated carbocycles. The molecular weight excluding hydrogens is 344 g/mol. The van der Waals surface area contributed by atoms with Crippen LogP contribution >= 0.6 is 11.8 Å². The second-order valence-corrected chi connectivity index (χ2v) is 9.35. The lowest BCUT2D eigenvalue weighted by molar-refractivity contribution is 0.0764. The number of carbonyl (C=O) groups is 1. The van der Waals surface area contributed by atoms with Gasteiger partial charge in [-0.3, -0.25) is 4.79 Å². The van der Waals surface area contributed by atoms with Crippen molar-refractivity contribution in [2.24, 2.45) is 0 Å². The molecule has 0 radical (unpaired) electrons. The first-order valence-electron chi connectivity index (χ1n) is 8.57. The van der Waals surface area contributed by atoms with Crippen molar-refractivity contribution < 1.29 is 13.2 Å². The van der Waals surface area contributed by atoms with Gasteiger partial charge in [-0.1, -0.05) is 18.6 Å². The normalized spacial score (nSPS) is 20.6. The summed E-state index contributed by atoms with van der Waals surface area (Å²) >= 11 is 1.84. The van der Waals surface area contributed by atoms with Gasteiger partial charge < -0.3 is 4.90 Å². The minimum Gasteiger partial charge on any atom is -0.338 e. The molecule has 1 aromatic carbocycles. The molecule has 5 nitrogen and oxygen atoms in total. The van der Waals surface area contributed by atoms with Crippen LogP contribution in [0.15, 0.2) is 29.2 Å². The molecule has 2 fully saturated rings. The number of benzene rings is 1. The lowest BCUT2D eigenvalue weighted by atomic mass is 10.2. The van der Waals surface area contributed by atoms with Crippen molar-refractivity contribution in [2.75, 3.05) is 37.7 Å². The summed E-state index contributed by atoms with van der Waals surface area (Å²) in [5, 5.41) is 0. The zero-order valence-electron chi connectivity index (χ0n) is 13.8. The molecule has 0 aromatic heterocycles. The van der Waals surface area contributed by atoms with Crippen LogP contribution in [0.1, 0.15) is 36.0 Å². The van der Waals surface area contributed by atoms with E-state index >= 15 is 0 Å². The van der Waals surface area contributed by atoms with E-state index < -0.39 is 10.0 Å². The van der Waals surface area contributed by atoms with Crippen LogP contribution in [0.25, 0.3) is 0 Å². The summed E-state index contributed by atoms with van der Waals surface area (Å²) in [6, 6.07) is 6.67. The summed E-state index contributed by atoms with van der Waals surface area (Å²) in [6.45, 7) is 2.47. The summed E-state index contributed by atoms with van der Waals surface area (Å²) in [5.74, 6) is 1.80. The van der Waals surface area contributed by atoms with Crippen LogP contribution in [-0.2, 0) is 10.0 Å². The predicted molar refractivity (Wildman–Crippen MR) is 96.9 cm³/mol. The number of piperidine rings is 1. The van der Waals surface area contributed by atoms with Gasteiger partial charge in [-0.25, -0.2) is 8.42 Å². The quantitative estimate of drug-likeness (QED) is 0.822. The fourth-order valence-electron chi connectivity index (χ4n) is 3.23. The van der Waals surface area contributed by atoms with Crippen molar-refractivity contribution in [2.45, 2.75) is 30.6 Å². The number of hydrogen-bond donors (Lipinski definition) is 0. The topological polar surface area (TPSA) is 57.7 Å². The highest BCUT2D eigenvalue weighted by Gasteiger charge is 2.31. The molecule has 3 rings (SSSR count). The highest BCUT2D eigenvalue weighted by molar-refractivity contribution is 7.99. The number of carbonyl (C=O) groups excluding carboxylic acids is 1. The monoisotopic (exact) mass is 368 g/mol. The Kier molecular flexibility index (Phi) is 5.84. The van der Waals surface area contributed by atoms with Gasteiger partial charge in [0.05, 0.1) is 10.5 Å². The van der Waals surface area contributed by atoms with Gasteiger partial charge in [0.2, 0.25) is 10.0 Å². The average molecular weight is 369 g/mol. The van der Waals surface area contributed by atoms with Crippen molar-refractivity contribution in [3.63, 3.8) is 0 Å². The lowest BCUT2D eigenvalue weighted by Gasteiger charge is -2.27. The fraction of sp³-hybridized carbons (Fsp3) is 0.588. The summed E-state index contributed by atoms with van der Waals surface area (Å²) in [7, 11) is -3.60. The number of rotatable bonds is 3. The molecule has 0 aliphatic carbocycles. The second kappa shape index (κ2) is 7.89. The summed E-state index contributed by atoms with van der Waals surface area (Å²) in [5.41, 5.74) is 0.315. The fourth-order valence-corrected chi connectivity index (χ4v) is 5.82. The Hall–Kier alpha value is -1.05. The van der Waals surface area contributed by atoms with Gasteiger partial charge in [0.15, 0.2) is 0 Å². The molecule has 1 amide bonds. The molecule has 0 N–H and O–H groups in total. The van der Waals surface area contributed by atoms with E-state index in [1.165, 1.54) is 4.31 Å². The minimum atomic E-state index is -3.60. The first kappa shape index (κ1) is 17.8. The van der Waals surface area contributed by atoms with Gasteiger partial charge >= 0.3 is 0 Å². The SMILES string of the molecule is O=C(c1ccccc1S(=O)(=O)N1CCCCC1)N1CCCSCC1. The Balaban J connectivity index is 1.91. The Labute approximate surface area is 148 Å². The van der Waals surface area contributed by atoms with Crippen LogP contribution in [0.5, 0.6) is 0 Å². The minimum absolute atomic E-state index is 0.159. The smallest absolute Gasteiger partial charge is 0.255 e. The van der Waals surface area contributed by atoms with Crippen LogP contribution in [0.2, 0.25) is 0 Å². The van der Waals surface area contributed by atoms with Crippen molar-refractivity contribution >= 4 is 27.7 Å². The summed E-state index contributed by atoms with van der Waals surface area (Å²) in [4.78, 5) is 14.9. The van der Waals surface area contributed by atoms with E-state index in [0.717, 1.165) is 37.2 Å². The van der Waals surface area contributed by atoms with Crippen LogP contribution in [0.4, 0.5) is 0 Å². The van der Waals surface area contributed by atoms with E-state index in [2.05, 4.69) is 0 Å². The van der Waals surface area contributed by atoms with Gasteiger partial charge in [-0.15, -0.1) is 0 Å². The molecule has 0 bridgehead atoms. The van der Waals surface area contributed by atoms with E-state index in [9.17, 15) is 13.2 Å².